The Morgan fingerprint density at radius 2 is 2.31 bits per heavy atom. The highest BCUT2D eigenvalue weighted by Crippen LogP contribution is 2.12. The maximum Gasteiger partial charge on any atom is 0.412 e. The number of allylic oxidation sites excluding steroid dienone is 3. The molecule has 13 heavy (non-hydrogen) atoms. The first-order valence-electron chi connectivity index (χ1n) is 3.84. The van der Waals surface area contributed by atoms with Gasteiger partial charge in [0.15, 0.2) is 0 Å². The van der Waals surface area contributed by atoms with Crippen molar-refractivity contribution in [3.63, 3.8) is 0 Å². The van der Waals surface area contributed by atoms with Gasteiger partial charge in [0.05, 0.1) is 0 Å². The van der Waals surface area contributed by atoms with Crippen molar-refractivity contribution < 1.29 is 9.53 Å². The van der Waals surface area contributed by atoms with E-state index in [0.717, 1.165) is 0 Å². The van der Waals surface area contributed by atoms with E-state index in [2.05, 4.69) is 11.9 Å². The van der Waals surface area contributed by atoms with Gasteiger partial charge in [-0.15, -0.1) is 0 Å². The van der Waals surface area contributed by atoms with Gasteiger partial charge in [0.1, 0.15) is 5.76 Å². The van der Waals surface area contributed by atoms with Crippen LogP contribution >= 0.6 is 11.6 Å². The monoisotopic (exact) mass is 199 g/mol. The molecule has 0 aromatic carbocycles. The molecule has 0 radical (unpaired) electrons. The van der Waals surface area contributed by atoms with Gasteiger partial charge >= 0.3 is 6.09 Å². The summed E-state index contributed by atoms with van der Waals surface area (Å²) in [6.07, 6.45) is 5.32. The van der Waals surface area contributed by atoms with Crippen molar-refractivity contribution in [3.05, 3.63) is 35.6 Å². The third kappa shape index (κ3) is 3.80. The quantitative estimate of drug-likeness (QED) is 0.608. The number of rotatable bonds is 0. The fraction of sp³-hybridized carbons (Fsp3) is 0.222. The molecule has 1 heterocycles. The van der Waals surface area contributed by atoms with E-state index in [1.165, 1.54) is 6.08 Å². The van der Waals surface area contributed by atoms with E-state index in [1.807, 2.05) is 12.2 Å². The van der Waals surface area contributed by atoms with Crippen molar-refractivity contribution >= 4 is 17.7 Å². The smallest absolute Gasteiger partial charge is 0.411 e. The first-order chi connectivity index (χ1) is 6.18. The van der Waals surface area contributed by atoms with E-state index in [0.29, 0.717) is 18.0 Å². The fourth-order valence-electron chi connectivity index (χ4n) is 0.840. The van der Waals surface area contributed by atoms with Gasteiger partial charge in [0.25, 0.3) is 0 Å². The highest BCUT2D eigenvalue weighted by molar-refractivity contribution is 6.29. The van der Waals surface area contributed by atoms with Gasteiger partial charge in [0.2, 0.25) is 0 Å². The highest BCUT2D eigenvalue weighted by Gasteiger charge is 2.03. The normalized spacial score (nSPS) is 25.2. The molecular weight excluding hydrogens is 190 g/mol. The Labute approximate surface area is 81.7 Å². The minimum absolute atomic E-state index is 0.248. The molecule has 0 atom stereocenters. The number of cyclic esters (lactones) is 1. The first-order valence-corrected chi connectivity index (χ1v) is 4.22. The van der Waals surface area contributed by atoms with E-state index in [-0.39, 0.29) is 5.76 Å². The zero-order valence-electron chi connectivity index (χ0n) is 7.05. The summed E-state index contributed by atoms with van der Waals surface area (Å²) in [6, 6.07) is 0. The molecule has 0 unspecified atom stereocenters. The summed E-state index contributed by atoms with van der Waals surface area (Å²) in [4.78, 5) is 10.9. The van der Waals surface area contributed by atoms with Crippen LogP contribution in [0.5, 0.6) is 0 Å². The largest absolute Gasteiger partial charge is 0.412 e. The van der Waals surface area contributed by atoms with Crippen LogP contribution < -0.4 is 5.32 Å². The molecule has 1 amide bonds. The van der Waals surface area contributed by atoms with E-state index >= 15 is 0 Å². The van der Waals surface area contributed by atoms with E-state index < -0.39 is 6.09 Å². The topological polar surface area (TPSA) is 38.3 Å². The fourth-order valence-corrected chi connectivity index (χ4v) is 1.05. The van der Waals surface area contributed by atoms with Crippen molar-refractivity contribution in [3.8, 4) is 0 Å². The Morgan fingerprint density at radius 1 is 1.54 bits per heavy atom. The molecule has 70 valence electrons. The minimum atomic E-state index is -0.516. The van der Waals surface area contributed by atoms with Gasteiger partial charge < -0.3 is 10.1 Å². The second-order valence-corrected chi connectivity index (χ2v) is 2.99. The molecule has 0 saturated heterocycles. The lowest BCUT2D eigenvalue weighted by Crippen LogP contribution is -2.23. The summed E-state index contributed by atoms with van der Waals surface area (Å²) in [6.45, 7) is 3.96. The first kappa shape index (κ1) is 9.86. The average molecular weight is 200 g/mol. The third-order valence-electron chi connectivity index (χ3n) is 1.39. The number of ether oxygens (including phenoxy) is 1. The van der Waals surface area contributed by atoms with Crippen LogP contribution in [0.3, 0.4) is 0 Å². The molecule has 4 heteroatoms. The van der Waals surface area contributed by atoms with E-state index in [1.54, 1.807) is 0 Å². The predicted molar refractivity (Wildman–Crippen MR) is 51.3 cm³/mol. The number of hydrogen-bond donors (Lipinski definition) is 1. The van der Waals surface area contributed by atoms with Crippen LogP contribution in [0.2, 0.25) is 0 Å². The number of alkyl carbamates (subject to hydrolysis) is 1. The van der Waals surface area contributed by atoms with Crippen LogP contribution in [0.25, 0.3) is 0 Å². The molecule has 0 aromatic heterocycles. The van der Waals surface area contributed by atoms with Crippen LogP contribution in [-0.4, -0.2) is 12.6 Å². The molecule has 0 fully saturated rings. The Kier molecular flexibility index (Phi) is 3.58. The van der Waals surface area contributed by atoms with Gasteiger partial charge in [0, 0.05) is 18.0 Å². The lowest BCUT2D eigenvalue weighted by atomic mass is 10.3. The zero-order valence-corrected chi connectivity index (χ0v) is 7.80. The molecular formula is C9H10ClNO2. The summed E-state index contributed by atoms with van der Waals surface area (Å²) in [7, 11) is 0. The van der Waals surface area contributed by atoms with Crippen LogP contribution in [-0.2, 0) is 4.74 Å². The number of nitrogens with one attached hydrogen (secondary N) is 1. The second kappa shape index (κ2) is 4.72. The number of halogens is 1. The van der Waals surface area contributed by atoms with Gasteiger partial charge in [-0.2, -0.15) is 0 Å². The van der Waals surface area contributed by atoms with Crippen LogP contribution in [0.4, 0.5) is 4.79 Å². The van der Waals surface area contributed by atoms with Crippen LogP contribution in [0.1, 0.15) is 6.42 Å². The number of amides is 1. The lowest BCUT2D eigenvalue weighted by Gasteiger charge is -2.06. The molecule has 1 rings (SSSR count). The second-order valence-electron chi connectivity index (χ2n) is 2.50. The Bertz CT molecular complexity index is 281. The molecule has 1 aliphatic rings. The number of hydrogen-bond acceptors (Lipinski definition) is 2. The standard InChI is InChI=1S/C9H10ClNO2/c1-7-6-8(10)4-2-3-5-11-9(12)13-7/h2-3,6H,1,4-5H2,(H,11,12)/b3-2-,8-6+. The maximum atomic E-state index is 10.9. The lowest BCUT2D eigenvalue weighted by molar-refractivity contribution is 0.180. The zero-order chi connectivity index (χ0) is 9.68. The third-order valence-corrected chi connectivity index (χ3v) is 1.65. The summed E-state index contributed by atoms with van der Waals surface area (Å²) < 4.78 is 4.76. The van der Waals surface area contributed by atoms with Gasteiger partial charge in [-0.3, -0.25) is 0 Å². The summed E-state index contributed by atoms with van der Waals surface area (Å²) >= 11 is 5.80. The Morgan fingerprint density at radius 3 is 3.08 bits per heavy atom. The number of carbonyl (C=O) groups is 1. The molecule has 1 aliphatic heterocycles. The molecule has 0 aliphatic carbocycles. The average Bonchev–Trinajstić information content (AvgIpc) is 2.02. The van der Waals surface area contributed by atoms with Gasteiger partial charge in [-0.1, -0.05) is 30.3 Å². The van der Waals surface area contributed by atoms with Crippen molar-refractivity contribution in [2.24, 2.45) is 0 Å². The van der Waals surface area contributed by atoms with Gasteiger partial charge in [-0.05, 0) is 6.08 Å². The maximum absolute atomic E-state index is 10.9. The van der Waals surface area contributed by atoms with Crippen LogP contribution in [0.15, 0.2) is 35.6 Å². The molecule has 3 nitrogen and oxygen atoms in total. The van der Waals surface area contributed by atoms with Gasteiger partial charge in [-0.25, -0.2) is 4.79 Å². The molecule has 0 bridgehead atoms. The SMILES string of the molecule is C=C1/C=C(/Cl)C/C=C\CNC(=O)O1. The highest BCUT2D eigenvalue weighted by atomic mass is 35.5. The summed E-state index contributed by atoms with van der Waals surface area (Å²) in [5, 5.41) is 3.11. The summed E-state index contributed by atoms with van der Waals surface area (Å²) in [5.74, 6) is 0.248. The number of carbonyl (C=O) groups excluding carboxylic acids is 1. The van der Waals surface area contributed by atoms with Crippen molar-refractivity contribution in [2.45, 2.75) is 6.42 Å². The Balaban J connectivity index is 2.70. The van der Waals surface area contributed by atoms with Crippen molar-refractivity contribution in [1.82, 2.24) is 5.32 Å². The minimum Gasteiger partial charge on any atom is -0.411 e. The molecule has 0 spiro atoms. The van der Waals surface area contributed by atoms with Crippen molar-refractivity contribution in [1.29, 1.82) is 0 Å². The van der Waals surface area contributed by atoms with E-state index in [4.69, 9.17) is 16.3 Å². The summed E-state index contributed by atoms with van der Waals surface area (Å²) in [5.41, 5.74) is 0. The Hall–Kier alpha value is -1.22. The van der Waals surface area contributed by atoms with E-state index in [9.17, 15) is 4.79 Å². The predicted octanol–water partition coefficient (Wildman–Crippen LogP) is 2.31. The molecule has 1 N–H and O–H groups in total. The van der Waals surface area contributed by atoms with Crippen LogP contribution in [0, 0.1) is 0 Å². The van der Waals surface area contributed by atoms with Crippen molar-refractivity contribution in [2.75, 3.05) is 6.54 Å². The molecule has 0 aromatic rings. The molecule has 0 saturated carbocycles.